The summed E-state index contributed by atoms with van der Waals surface area (Å²) in [6.07, 6.45) is 2.09. The average Bonchev–Trinajstić information content (AvgIpc) is 3.10. The van der Waals surface area contributed by atoms with Crippen molar-refractivity contribution in [3.8, 4) is 0 Å². The van der Waals surface area contributed by atoms with Gasteiger partial charge in [0.1, 0.15) is 11.6 Å². The lowest BCUT2D eigenvalue weighted by atomic mass is 10.0. The van der Waals surface area contributed by atoms with Crippen LogP contribution in [0.3, 0.4) is 0 Å². The summed E-state index contributed by atoms with van der Waals surface area (Å²) in [4.78, 5) is 77.7. The maximum atomic E-state index is 13.2. The molecule has 1 atom stereocenters. The van der Waals surface area contributed by atoms with Crippen molar-refractivity contribution in [3.05, 3.63) is 29.3 Å². The van der Waals surface area contributed by atoms with Crippen molar-refractivity contribution in [2.45, 2.75) is 77.0 Å². The van der Waals surface area contributed by atoms with E-state index in [4.69, 9.17) is 4.74 Å². The standard InChI is InChI=1S/C27H35N5O7/c1-27(2,3)39-26(38)28-16-11-14-31(15-12-16)13-5-8-20(33)29-18-7-4-6-17-22(18)25(37)32(24(17)36)19-9-10-21(34)30-23(19)35/h4,6-7,16,19H,5,8-15H2,1-3H3,(H,28,38)(H,29,33)(H,30,34,35). The molecular weight excluding hydrogens is 506 g/mol. The van der Waals surface area contributed by atoms with Crippen LogP contribution < -0.4 is 16.0 Å². The molecular formula is C27H35N5O7. The number of hydrogen-bond acceptors (Lipinski definition) is 8. The number of benzene rings is 1. The molecule has 0 radical (unpaired) electrons. The number of imide groups is 2. The largest absolute Gasteiger partial charge is 0.444 e. The van der Waals surface area contributed by atoms with Crippen LogP contribution in [0, 0.1) is 0 Å². The average molecular weight is 542 g/mol. The van der Waals surface area contributed by atoms with Crippen molar-refractivity contribution < 1.29 is 33.5 Å². The number of rotatable bonds is 7. The Hall–Kier alpha value is -3.80. The number of piperidine rings is 2. The molecule has 12 heteroatoms. The number of carbonyl (C=O) groups excluding carboxylic acids is 6. The highest BCUT2D eigenvalue weighted by molar-refractivity contribution is 6.26. The third-order valence-electron chi connectivity index (χ3n) is 6.93. The van der Waals surface area contributed by atoms with E-state index in [-0.39, 0.29) is 48.0 Å². The van der Waals surface area contributed by atoms with Crippen molar-refractivity contribution in [1.29, 1.82) is 0 Å². The molecule has 3 aliphatic heterocycles. The number of carbonyl (C=O) groups is 6. The molecule has 0 spiro atoms. The first kappa shape index (κ1) is 28.2. The molecule has 1 aromatic rings. The molecule has 0 bridgehead atoms. The molecule has 2 fully saturated rings. The minimum atomic E-state index is -1.07. The number of alkyl carbamates (subject to hydrolysis) is 1. The van der Waals surface area contributed by atoms with E-state index in [2.05, 4.69) is 20.9 Å². The van der Waals surface area contributed by atoms with Gasteiger partial charge in [0.2, 0.25) is 17.7 Å². The second kappa shape index (κ2) is 11.5. The van der Waals surface area contributed by atoms with Crippen LogP contribution in [0.5, 0.6) is 0 Å². The summed E-state index contributed by atoms with van der Waals surface area (Å²) in [5, 5.41) is 7.82. The number of ether oxygens (including phenoxy) is 1. The molecule has 6 amide bonds. The van der Waals surface area contributed by atoms with Gasteiger partial charge in [0.05, 0.1) is 16.8 Å². The monoisotopic (exact) mass is 541 g/mol. The molecule has 12 nitrogen and oxygen atoms in total. The molecule has 3 N–H and O–H groups in total. The third kappa shape index (κ3) is 6.80. The number of amides is 6. The molecule has 39 heavy (non-hydrogen) atoms. The van der Waals surface area contributed by atoms with Crippen molar-refractivity contribution in [1.82, 2.24) is 20.4 Å². The van der Waals surface area contributed by atoms with E-state index < -0.39 is 41.4 Å². The molecule has 3 aliphatic rings. The molecule has 0 saturated carbocycles. The fraction of sp³-hybridized carbons (Fsp3) is 0.556. The molecule has 3 heterocycles. The summed E-state index contributed by atoms with van der Waals surface area (Å²) in [6.45, 7) is 7.76. The normalized spacial score (nSPS) is 20.5. The van der Waals surface area contributed by atoms with Gasteiger partial charge >= 0.3 is 6.09 Å². The van der Waals surface area contributed by atoms with E-state index in [0.29, 0.717) is 13.0 Å². The Morgan fingerprint density at radius 1 is 1.05 bits per heavy atom. The van der Waals surface area contributed by atoms with Crippen LogP contribution in [0.2, 0.25) is 0 Å². The molecule has 210 valence electrons. The molecule has 0 aliphatic carbocycles. The van der Waals surface area contributed by atoms with E-state index in [1.807, 2.05) is 20.8 Å². The molecule has 0 aromatic heterocycles. The van der Waals surface area contributed by atoms with Gasteiger partial charge in [-0.3, -0.25) is 34.2 Å². The predicted octanol–water partition coefficient (Wildman–Crippen LogP) is 1.80. The maximum Gasteiger partial charge on any atom is 0.407 e. The van der Waals surface area contributed by atoms with Gasteiger partial charge in [0.15, 0.2) is 0 Å². The predicted molar refractivity (Wildman–Crippen MR) is 140 cm³/mol. The summed E-state index contributed by atoms with van der Waals surface area (Å²) in [5.41, 5.74) is -0.147. The minimum Gasteiger partial charge on any atom is -0.444 e. The summed E-state index contributed by atoms with van der Waals surface area (Å²) in [6, 6.07) is 3.60. The Balaban J connectivity index is 1.25. The van der Waals surface area contributed by atoms with Crippen molar-refractivity contribution in [2.75, 3.05) is 25.0 Å². The number of nitrogens with one attached hydrogen (secondary N) is 3. The highest BCUT2D eigenvalue weighted by atomic mass is 16.6. The van der Waals surface area contributed by atoms with Gasteiger partial charge < -0.3 is 20.3 Å². The Morgan fingerprint density at radius 3 is 2.44 bits per heavy atom. The summed E-state index contributed by atoms with van der Waals surface area (Å²) < 4.78 is 5.31. The number of fused-ring (bicyclic) bond motifs is 1. The highest BCUT2D eigenvalue weighted by Gasteiger charge is 2.45. The topological polar surface area (TPSA) is 154 Å². The first-order valence-corrected chi connectivity index (χ1v) is 13.3. The first-order valence-electron chi connectivity index (χ1n) is 13.3. The molecule has 1 aromatic carbocycles. The summed E-state index contributed by atoms with van der Waals surface area (Å²) in [7, 11) is 0. The second-order valence-electron chi connectivity index (χ2n) is 11.1. The fourth-order valence-corrected chi connectivity index (χ4v) is 5.07. The lowest BCUT2D eigenvalue weighted by Gasteiger charge is -2.32. The van der Waals surface area contributed by atoms with Gasteiger partial charge in [0.25, 0.3) is 11.8 Å². The van der Waals surface area contributed by atoms with E-state index in [1.165, 1.54) is 6.07 Å². The summed E-state index contributed by atoms with van der Waals surface area (Å²) >= 11 is 0. The van der Waals surface area contributed by atoms with E-state index >= 15 is 0 Å². The zero-order valence-electron chi connectivity index (χ0n) is 22.5. The first-order chi connectivity index (χ1) is 18.4. The van der Waals surface area contributed by atoms with Crippen LogP contribution >= 0.6 is 0 Å². The second-order valence-corrected chi connectivity index (χ2v) is 11.1. The zero-order valence-corrected chi connectivity index (χ0v) is 22.5. The molecule has 2 saturated heterocycles. The van der Waals surface area contributed by atoms with Gasteiger partial charge in [-0.1, -0.05) is 6.07 Å². The molecule has 4 rings (SSSR count). The van der Waals surface area contributed by atoms with Crippen LogP contribution in [-0.4, -0.2) is 82.7 Å². The highest BCUT2D eigenvalue weighted by Crippen LogP contribution is 2.32. The minimum absolute atomic E-state index is 0.0331. The van der Waals surface area contributed by atoms with Crippen molar-refractivity contribution in [3.63, 3.8) is 0 Å². The number of nitrogens with zero attached hydrogens (tertiary/aromatic N) is 2. The van der Waals surface area contributed by atoms with Crippen LogP contribution in [0.15, 0.2) is 18.2 Å². The Bertz CT molecular complexity index is 1180. The number of anilines is 1. The zero-order chi connectivity index (χ0) is 28.3. The lowest BCUT2D eigenvalue weighted by molar-refractivity contribution is -0.136. The SMILES string of the molecule is CC(C)(C)OC(=O)NC1CCN(CCCC(=O)Nc2cccc3c2C(=O)N(C2CCC(=O)NC2=O)C3=O)CC1. The van der Waals surface area contributed by atoms with E-state index in [0.717, 1.165) is 30.8 Å². The van der Waals surface area contributed by atoms with E-state index in [9.17, 15) is 28.8 Å². The number of hydrogen-bond donors (Lipinski definition) is 3. The van der Waals surface area contributed by atoms with Gasteiger partial charge in [-0.2, -0.15) is 0 Å². The maximum absolute atomic E-state index is 13.2. The van der Waals surface area contributed by atoms with Gasteiger partial charge in [-0.25, -0.2) is 4.79 Å². The van der Waals surface area contributed by atoms with Crippen molar-refractivity contribution in [2.24, 2.45) is 0 Å². The van der Waals surface area contributed by atoms with Crippen LogP contribution in [0.1, 0.15) is 80.0 Å². The molecule has 1 unspecified atom stereocenters. The van der Waals surface area contributed by atoms with Gasteiger partial charge in [0, 0.05) is 32.0 Å². The van der Waals surface area contributed by atoms with Crippen LogP contribution in [0.4, 0.5) is 10.5 Å². The third-order valence-corrected chi connectivity index (χ3v) is 6.93. The van der Waals surface area contributed by atoms with Crippen molar-refractivity contribution >= 4 is 41.3 Å². The lowest BCUT2D eigenvalue weighted by Crippen LogP contribution is -2.54. The Kier molecular flexibility index (Phi) is 8.34. The Labute approximate surface area is 226 Å². The summed E-state index contributed by atoms with van der Waals surface area (Å²) in [5.74, 6) is -2.70. The van der Waals surface area contributed by atoms with E-state index in [1.54, 1.807) is 12.1 Å². The van der Waals surface area contributed by atoms with Gasteiger partial charge in [-0.15, -0.1) is 0 Å². The number of likely N-dealkylation sites (tertiary alicyclic amines) is 1. The van der Waals surface area contributed by atoms with Crippen LogP contribution in [0.25, 0.3) is 0 Å². The van der Waals surface area contributed by atoms with Gasteiger partial charge in [-0.05, 0) is 65.1 Å². The fourth-order valence-electron chi connectivity index (χ4n) is 5.07. The smallest absolute Gasteiger partial charge is 0.407 e. The van der Waals surface area contributed by atoms with Crippen LogP contribution in [-0.2, 0) is 19.1 Å². The quantitative estimate of drug-likeness (QED) is 0.442. The Morgan fingerprint density at radius 2 is 1.77 bits per heavy atom.